The number of Topliss-reactive ketones (excluding diaryl/α,β-unsaturated/α-hetero) is 1. The van der Waals surface area contributed by atoms with Gasteiger partial charge in [0.1, 0.15) is 5.75 Å². The lowest BCUT2D eigenvalue weighted by molar-refractivity contribution is -0.138. The second kappa shape index (κ2) is 8.08. The van der Waals surface area contributed by atoms with Gasteiger partial charge in [0.15, 0.2) is 5.78 Å². The van der Waals surface area contributed by atoms with E-state index in [1.807, 2.05) is 6.92 Å². The third-order valence-electron chi connectivity index (χ3n) is 2.83. The fraction of sp³-hybridized carbons (Fsp3) is 0.375. The highest BCUT2D eigenvalue weighted by molar-refractivity contribution is 5.94. The average molecular weight is 289 g/mol. The molecule has 0 aliphatic rings. The number of carboxylic acid groups (broad SMARTS) is 1. The van der Waals surface area contributed by atoms with Crippen molar-refractivity contribution in [3.8, 4) is 18.1 Å². The number of carbonyl (C=O) groups is 2. The van der Waals surface area contributed by atoms with Crippen molar-refractivity contribution in [2.45, 2.75) is 20.4 Å². The molecule has 0 saturated heterocycles. The van der Waals surface area contributed by atoms with E-state index in [0.29, 0.717) is 24.5 Å². The van der Waals surface area contributed by atoms with E-state index in [-0.39, 0.29) is 18.9 Å². The molecule has 0 bridgehead atoms. The first-order chi connectivity index (χ1) is 9.97. The van der Waals surface area contributed by atoms with Crippen LogP contribution in [0, 0.1) is 12.3 Å². The van der Waals surface area contributed by atoms with Gasteiger partial charge in [-0.05, 0) is 32.0 Å². The number of terminal acetylenes is 1. The van der Waals surface area contributed by atoms with E-state index in [1.54, 1.807) is 23.1 Å². The zero-order valence-electron chi connectivity index (χ0n) is 12.3. The van der Waals surface area contributed by atoms with Crippen LogP contribution in [0.2, 0.25) is 0 Å². The van der Waals surface area contributed by atoms with Crippen LogP contribution in [0.15, 0.2) is 18.2 Å². The SMILES string of the molecule is C#CCN(CC(=O)O)Cc1cc(C(C)=O)ccc1OCC. The first kappa shape index (κ1) is 16.7. The van der Waals surface area contributed by atoms with Crippen LogP contribution in [0.25, 0.3) is 0 Å². The first-order valence-corrected chi connectivity index (χ1v) is 6.62. The Morgan fingerprint density at radius 3 is 2.67 bits per heavy atom. The lowest BCUT2D eigenvalue weighted by Crippen LogP contribution is -2.30. The third-order valence-corrected chi connectivity index (χ3v) is 2.83. The summed E-state index contributed by atoms with van der Waals surface area (Å²) < 4.78 is 5.52. The Hall–Kier alpha value is -2.32. The minimum atomic E-state index is -0.953. The molecule has 112 valence electrons. The Morgan fingerprint density at radius 2 is 2.14 bits per heavy atom. The molecule has 21 heavy (non-hydrogen) atoms. The van der Waals surface area contributed by atoms with E-state index in [0.717, 1.165) is 5.56 Å². The second-order valence-electron chi connectivity index (χ2n) is 4.55. The Bertz CT molecular complexity index is 560. The number of benzene rings is 1. The van der Waals surface area contributed by atoms with Gasteiger partial charge in [-0.2, -0.15) is 0 Å². The van der Waals surface area contributed by atoms with Gasteiger partial charge in [0.25, 0.3) is 0 Å². The Labute approximate surface area is 124 Å². The van der Waals surface area contributed by atoms with Crippen molar-refractivity contribution < 1.29 is 19.4 Å². The van der Waals surface area contributed by atoms with Crippen LogP contribution in [0.3, 0.4) is 0 Å². The van der Waals surface area contributed by atoms with Crippen LogP contribution in [-0.4, -0.2) is 41.5 Å². The predicted molar refractivity (Wildman–Crippen MR) is 79.4 cm³/mol. The molecule has 0 unspecified atom stereocenters. The molecule has 5 nitrogen and oxygen atoms in total. The molecular formula is C16H19NO4. The zero-order valence-corrected chi connectivity index (χ0v) is 12.3. The van der Waals surface area contributed by atoms with E-state index in [9.17, 15) is 9.59 Å². The summed E-state index contributed by atoms with van der Waals surface area (Å²) in [6, 6.07) is 5.14. The molecule has 0 heterocycles. The number of ether oxygens (including phenoxy) is 1. The second-order valence-corrected chi connectivity index (χ2v) is 4.55. The molecule has 0 aliphatic carbocycles. The number of carboxylic acids is 1. The van der Waals surface area contributed by atoms with Crippen LogP contribution in [0.4, 0.5) is 0 Å². The van der Waals surface area contributed by atoms with Gasteiger partial charge in [-0.25, -0.2) is 0 Å². The summed E-state index contributed by atoms with van der Waals surface area (Å²) in [6.45, 7) is 4.19. The molecule has 0 fully saturated rings. The third kappa shape index (κ3) is 5.28. The number of ketones is 1. The number of rotatable bonds is 8. The molecule has 5 heteroatoms. The van der Waals surface area contributed by atoms with Crippen LogP contribution >= 0.6 is 0 Å². The molecule has 0 aromatic heterocycles. The maximum absolute atomic E-state index is 11.5. The summed E-state index contributed by atoms with van der Waals surface area (Å²) in [4.78, 5) is 23.9. The topological polar surface area (TPSA) is 66.8 Å². The van der Waals surface area contributed by atoms with Crippen LogP contribution in [-0.2, 0) is 11.3 Å². The van der Waals surface area contributed by atoms with Gasteiger partial charge in [0, 0.05) is 17.7 Å². The van der Waals surface area contributed by atoms with E-state index < -0.39 is 5.97 Å². The van der Waals surface area contributed by atoms with Gasteiger partial charge in [0.2, 0.25) is 0 Å². The lowest BCUT2D eigenvalue weighted by Gasteiger charge is -2.20. The van der Waals surface area contributed by atoms with Gasteiger partial charge >= 0.3 is 5.97 Å². The standard InChI is InChI=1S/C16H19NO4/c1-4-8-17(11-16(19)20)10-14-9-13(12(3)18)6-7-15(14)21-5-2/h1,6-7,9H,5,8,10-11H2,2-3H3,(H,19,20). The van der Waals surface area contributed by atoms with Crippen molar-refractivity contribution >= 4 is 11.8 Å². The van der Waals surface area contributed by atoms with Gasteiger partial charge in [0.05, 0.1) is 19.7 Å². The maximum Gasteiger partial charge on any atom is 0.317 e. The highest BCUT2D eigenvalue weighted by Crippen LogP contribution is 2.22. The van der Waals surface area contributed by atoms with Crippen molar-refractivity contribution in [1.82, 2.24) is 4.90 Å². The minimum Gasteiger partial charge on any atom is -0.494 e. The largest absolute Gasteiger partial charge is 0.494 e. The van der Waals surface area contributed by atoms with Crippen molar-refractivity contribution in [3.63, 3.8) is 0 Å². The molecule has 0 amide bonds. The van der Waals surface area contributed by atoms with Crippen molar-refractivity contribution in [2.75, 3.05) is 19.7 Å². The molecule has 0 spiro atoms. The quantitative estimate of drug-likeness (QED) is 0.584. The summed E-state index contributed by atoms with van der Waals surface area (Å²) in [6.07, 6.45) is 5.26. The molecule has 1 N–H and O–H groups in total. The number of hydrogen-bond donors (Lipinski definition) is 1. The smallest absolute Gasteiger partial charge is 0.317 e. The molecule has 0 saturated carbocycles. The molecule has 0 radical (unpaired) electrons. The summed E-state index contributed by atoms with van der Waals surface area (Å²) in [5.74, 6) is 2.06. The Balaban J connectivity index is 3.05. The van der Waals surface area contributed by atoms with Crippen molar-refractivity contribution in [1.29, 1.82) is 0 Å². The zero-order chi connectivity index (χ0) is 15.8. The summed E-state index contributed by atoms with van der Waals surface area (Å²) in [7, 11) is 0. The highest BCUT2D eigenvalue weighted by atomic mass is 16.5. The molecular weight excluding hydrogens is 270 g/mol. The van der Waals surface area contributed by atoms with Crippen molar-refractivity contribution in [2.24, 2.45) is 0 Å². The molecule has 0 aliphatic heterocycles. The fourth-order valence-corrected chi connectivity index (χ4v) is 1.95. The molecule has 1 rings (SSSR count). The number of hydrogen-bond acceptors (Lipinski definition) is 4. The van der Waals surface area contributed by atoms with Crippen molar-refractivity contribution in [3.05, 3.63) is 29.3 Å². The predicted octanol–water partition coefficient (Wildman–Crippen LogP) is 1.81. The van der Waals surface area contributed by atoms with Crippen LogP contribution < -0.4 is 4.74 Å². The Morgan fingerprint density at radius 1 is 1.43 bits per heavy atom. The number of aliphatic carboxylic acids is 1. The monoisotopic (exact) mass is 289 g/mol. The highest BCUT2D eigenvalue weighted by Gasteiger charge is 2.14. The van der Waals surface area contributed by atoms with E-state index in [1.165, 1.54) is 6.92 Å². The fourth-order valence-electron chi connectivity index (χ4n) is 1.95. The average Bonchev–Trinajstić information content (AvgIpc) is 2.40. The molecule has 1 aromatic carbocycles. The molecule has 0 atom stereocenters. The van der Waals surface area contributed by atoms with Gasteiger partial charge in [-0.15, -0.1) is 6.42 Å². The number of nitrogens with zero attached hydrogens (tertiary/aromatic N) is 1. The van der Waals surface area contributed by atoms with Gasteiger partial charge in [-0.3, -0.25) is 14.5 Å². The Kier molecular flexibility index (Phi) is 6.44. The van der Waals surface area contributed by atoms with Crippen LogP contribution in [0.5, 0.6) is 5.75 Å². The van der Waals surface area contributed by atoms with Gasteiger partial charge < -0.3 is 9.84 Å². The minimum absolute atomic E-state index is 0.0546. The van der Waals surface area contributed by atoms with E-state index in [2.05, 4.69) is 5.92 Å². The van der Waals surface area contributed by atoms with Crippen LogP contribution in [0.1, 0.15) is 29.8 Å². The van der Waals surface area contributed by atoms with Gasteiger partial charge in [-0.1, -0.05) is 5.92 Å². The maximum atomic E-state index is 11.5. The summed E-state index contributed by atoms with van der Waals surface area (Å²) in [5.41, 5.74) is 1.31. The normalized spacial score (nSPS) is 10.2. The number of carbonyl (C=O) groups excluding carboxylic acids is 1. The summed E-state index contributed by atoms with van der Waals surface area (Å²) >= 11 is 0. The first-order valence-electron chi connectivity index (χ1n) is 6.62. The van der Waals surface area contributed by atoms with E-state index in [4.69, 9.17) is 16.3 Å². The van der Waals surface area contributed by atoms with E-state index >= 15 is 0 Å². The summed E-state index contributed by atoms with van der Waals surface area (Å²) in [5, 5.41) is 8.91. The molecule has 1 aromatic rings. The lowest BCUT2D eigenvalue weighted by atomic mass is 10.1.